The monoisotopic (exact) mass is 410 g/mol. The fourth-order valence-corrected chi connectivity index (χ4v) is 3.27. The Morgan fingerprint density at radius 1 is 1.07 bits per heavy atom. The predicted octanol–water partition coefficient (Wildman–Crippen LogP) is 5.31. The van der Waals surface area contributed by atoms with Crippen LogP contribution in [0.1, 0.15) is 12.8 Å². The van der Waals surface area contributed by atoms with E-state index >= 15 is 0 Å². The summed E-state index contributed by atoms with van der Waals surface area (Å²) in [7, 11) is 0. The third kappa shape index (κ3) is 5.20. The van der Waals surface area contributed by atoms with E-state index in [1.807, 2.05) is 36.4 Å². The fourth-order valence-electron chi connectivity index (χ4n) is 2.70. The molecule has 5 nitrogen and oxygen atoms in total. The predicted molar refractivity (Wildman–Crippen MR) is 102 cm³/mol. The minimum atomic E-state index is -4.31. The van der Waals surface area contributed by atoms with Crippen LogP contribution in [0.15, 0.2) is 60.8 Å². The third-order valence-corrected chi connectivity index (χ3v) is 4.75. The van der Waals surface area contributed by atoms with E-state index in [4.69, 9.17) is 4.74 Å². The molecule has 0 aliphatic rings. The molecule has 1 aromatic heterocycles. The molecule has 1 unspecified atom stereocenters. The minimum absolute atomic E-state index is 0.228. The van der Waals surface area contributed by atoms with E-state index in [2.05, 4.69) is 4.98 Å². The van der Waals surface area contributed by atoms with Gasteiger partial charge >= 0.3 is 6.18 Å². The van der Waals surface area contributed by atoms with Crippen molar-refractivity contribution in [1.82, 2.24) is 4.98 Å². The summed E-state index contributed by atoms with van der Waals surface area (Å²) >= 11 is -2.46. The first kappa shape index (κ1) is 20.1. The molecule has 148 valence electrons. The van der Waals surface area contributed by atoms with Gasteiger partial charge in [-0.05, 0) is 23.9 Å². The van der Waals surface area contributed by atoms with Crippen molar-refractivity contribution in [2.45, 2.75) is 19.0 Å². The zero-order chi connectivity index (χ0) is 20.1. The van der Waals surface area contributed by atoms with Gasteiger partial charge in [0.05, 0.1) is 11.9 Å². The van der Waals surface area contributed by atoms with Gasteiger partial charge in [0.15, 0.2) is 0 Å². The number of rotatable bonds is 7. The number of pyridine rings is 1. The lowest BCUT2D eigenvalue weighted by molar-refractivity contribution is -0.134. The summed E-state index contributed by atoms with van der Waals surface area (Å²) in [5.41, 5.74) is 0.230. The molecular formula is C19H17F3N2O3S. The second-order valence-electron chi connectivity index (χ2n) is 5.99. The van der Waals surface area contributed by atoms with Gasteiger partial charge in [0.1, 0.15) is 5.75 Å². The first-order valence-corrected chi connectivity index (χ1v) is 9.47. The van der Waals surface area contributed by atoms with Crippen LogP contribution in [0.2, 0.25) is 0 Å². The molecule has 0 bridgehead atoms. The molecular weight excluding hydrogens is 393 g/mol. The van der Waals surface area contributed by atoms with Crippen LogP contribution in [-0.2, 0) is 11.3 Å². The quantitative estimate of drug-likeness (QED) is 0.536. The zero-order valence-electron chi connectivity index (χ0n) is 14.6. The molecule has 2 aromatic carbocycles. The molecule has 28 heavy (non-hydrogen) atoms. The number of hydrogen-bond acceptors (Lipinski definition) is 3. The van der Waals surface area contributed by atoms with Crippen molar-refractivity contribution in [3.63, 3.8) is 0 Å². The average Bonchev–Trinajstić information content (AvgIpc) is 2.65. The van der Waals surface area contributed by atoms with E-state index in [0.29, 0.717) is 5.75 Å². The third-order valence-electron chi connectivity index (χ3n) is 3.98. The largest absolute Gasteiger partial charge is 0.438 e. The van der Waals surface area contributed by atoms with Crippen molar-refractivity contribution in [2.75, 3.05) is 10.8 Å². The van der Waals surface area contributed by atoms with Gasteiger partial charge in [-0.1, -0.05) is 36.4 Å². The van der Waals surface area contributed by atoms with Crippen LogP contribution >= 0.6 is 0 Å². The molecule has 1 atom stereocenters. The number of halogens is 3. The number of nitrogens with zero attached hydrogens (tertiary/aromatic N) is 2. The Morgan fingerprint density at radius 3 is 2.50 bits per heavy atom. The van der Waals surface area contributed by atoms with Crippen molar-refractivity contribution in [1.29, 1.82) is 0 Å². The van der Waals surface area contributed by atoms with Crippen LogP contribution in [0, 0.1) is 0 Å². The van der Waals surface area contributed by atoms with Crippen LogP contribution in [0.25, 0.3) is 10.8 Å². The summed E-state index contributed by atoms with van der Waals surface area (Å²) in [5.74, 6) is 0.866. The molecule has 3 aromatic rings. The number of ether oxygens (including phenoxy) is 1. The van der Waals surface area contributed by atoms with Crippen molar-refractivity contribution < 1.29 is 26.7 Å². The molecule has 0 spiro atoms. The topological polar surface area (TPSA) is 62.7 Å². The van der Waals surface area contributed by atoms with Crippen LogP contribution in [-0.4, -0.2) is 26.5 Å². The molecule has 0 radical (unpaired) electrons. The van der Waals surface area contributed by atoms with E-state index in [1.54, 1.807) is 6.07 Å². The lowest BCUT2D eigenvalue weighted by Crippen LogP contribution is -2.27. The SMILES string of the molecule is O=S(O)N(CCCC(F)(F)F)c1ccc(Oc2cccc3ccccc23)nc1. The Hall–Kier alpha value is -2.65. The maximum Gasteiger partial charge on any atom is 0.389 e. The number of fused-ring (bicyclic) bond motifs is 1. The Balaban J connectivity index is 1.73. The average molecular weight is 410 g/mol. The molecule has 0 saturated carbocycles. The van der Waals surface area contributed by atoms with Crippen molar-refractivity contribution in [3.05, 3.63) is 60.8 Å². The normalized spacial score (nSPS) is 12.7. The lowest BCUT2D eigenvalue weighted by atomic mass is 10.1. The highest BCUT2D eigenvalue weighted by Gasteiger charge is 2.27. The van der Waals surface area contributed by atoms with Gasteiger partial charge in [-0.15, -0.1) is 0 Å². The molecule has 0 aliphatic heterocycles. The van der Waals surface area contributed by atoms with Gasteiger partial charge in [0.25, 0.3) is 11.3 Å². The Labute approximate surface area is 162 Å². The molecule has 0 saturated heterocycles. The summed E-state index contributed by atoms with van der Waals surface area (Å²) in [4.78, 5) is 4.11. The Bertz CT molecular complexity index is 959. The summed E-state index contributed by atoms with van der Waals surface area (Å²) in [6.45, 7) is -0.228. The maximum atomic E-state index is 12.3. The molecule has 0 amide bonds. The molecule has 3 rings (SSSR count). The standard InChI is InChI=1S/C19H17F3N2O3S/c20-19(21,22)11-4-12-24(28(25)26)15-9-10-18(23-13-15)27-17-8-3-6-14-5-1-2-7-16(14)17/h1-3,5-10,13H,4,11-12H2,(H,25,26). The fraction of sp³-hybridized carbons (Fsp3) is 0.211. The first-order valence-electron chi connectivity index (χ1n) is 8.40. The van der Waals surface area contributed by atoms with E-state index in [-0.39, 0.29) is 24.5 Å². The van der Waals surface area contributed by atoms with Crippen LogP contribution in [0.5, 0.6) is 11.6 Å². The number of benzene rings is 2. The van der Waals surface area contributed by atoms with Gasteiger partial charge in [0.2, 0.25) is 5.88 Å². The van der Waals surface area contributed by atoms with Crippen molar-refractivity contribution in [3.8, 4) is 11.6 Å². The first-order chi connectivity index (χ1) is 13.3. The highest BCUT2D eigenvalue weighted by atomic mass is 32.2. The highest BCUT2D eigenvalue weighted by molar-refractivity contribution is 7.80. The van der Waals surface area contributed by atoms with Gasteiger partial charge in [-0.3, -0.25) is 8.86 Å². The zero-order valence-corrected chi connectivity index (χ0v) is 15.4. The van der Waals surface area contributed by atoms with Crippen molar-refractivity contribution >= 4 is 27.7 Å². The smallest absolute Gasteiger partial charge is 0.389 e. The van der Waals surface area contributed by atoms with Gasteiger partial charge in [-0.25, -0.2) is 9.19 Å². The summed E-state index contributed by atoms with van der Waals surface area (Å²) in [6, 6.07) is 16.3. The molecule has 1 N–H and O–H groups in total. The van der Waals surface area contributed by atoms with Crippen LogP contribution in [0.4, 0.5) is 18.9 Å². The van der Waals surface area contributed by atoms with E-state index in [0.717, 1.165) is 15.1 Å². The second-order valence-corrected chi connectivity index (χ2v) is 6.89. The summed E-state index contributed by atoms with van der Waals surface area (Å²) in [6.07, 6.45) is -4.35. The van der Waals surface area contributed by atoms with Gasteiger partial charge < -0.3 is 4.74 Å². The number of anilines is 1. The van der Waals surface area contributed by atoms with E-state index in [9.17, 15) is 21.9 Å². The Kier molecular flexibility index (Phi) is 6.15. The lowest BCUT2D eigenvalue weighted by Gasteiger charge is -2.20. The molecule has 0 fully saturated rings. The molecule has 1 heterocycles. The van der Waals surface area contributed by atoms with E-state index < -0.39 is 23.9 Å². The van der Waals surface area contributed by atoms with Crippen LogP contribution in [0.3, 0.4) is 0 Å². The molecule has 0 aliphatic carbocycles. The number of hydrogen-bond donors (Lipinski definition) is 1. The van der Waals surface area contributed by atoms with Gasteiger partial charge in [-0.2, -0.15) is 13.2 Å². The highest BCUT2D eigenvalue weighted by Crippen LogP contribution is 2.30. The second kappa shape index (κ2) is 8.57. The van der Waals surface area contributed by atoms with Crippen LogP contribution < -0.4 is 9.04 Å². The summed E-state index contributed by atoms with van der Waals surface area (Å²) < 4.78 is 64.5. The van der Waals surface area contributed by atoms with Gasteiger partial charge in [0, 0.05) is 24.4 Å². The molecule has 9 heteroatoms. The number of alkyl halides is 3. The summed E-state index contributed by atoms with van der Waals surface area (Å²) in [5, 5.41) is 1.91. The minimum Gasteiger partial charge on any atom is -0.438 e. The maximum absolute atomic E-state index is 12.3. The van der Waals surface area contributed by atoms with Crippen molar-refractivity contribution in [2.24, 2.45) is 0 Å². The van der Waals surface area contributed by atoms with E-state index in [1.165, 1.54) is 18.3 Å². The Morgan fingerprint density at radius 2 is 1.82 bits per heavy atom. The number of aromatic nitrogens is 1.